The maximum atomic E-state index is 11.2. The number of hydrogen-bond donors (Lipinski definition) is 0. The van der Waals surface area contributed by atoms with Crippen molar-refractivity contribution in [2.24, 2.45) is 0 Å². The van der Waals surface area contributed by atoms with Crippen molar-refractivity contribution in [3.05, 3.63) is 83.9 Å². The fraction of sp³-hybridized carbons (Fsp3) is 0.100. The Balaban J connectivity index is 0.000000438. The Morgan fingerprint density at radius 1 is 0.704 bits per heavy atom. The second-order valence-electron chi connectivity index (χ2n) is 5.05. The number of hydrogen-bond acceptors (Lipinski definition) is 6. The van der Waals surface area contributed by atoms with Crippen LogP contribution in [0.3, 0.4) is 0 Å². The SMILES string of the molecule is CC(=O)/C=C(\[O-])c1ccccc1.CC(=O)/C=C(\[O-])c1ccccc1.[O]=[U+2]=[O]. The molecular formula is C20H18O6U. The van der Waals surface area contributed by atoms with Crippen molar-refractivity contribution >= 4 is 23.1 Å². The van der Waals surface area contributed by atoms with Gasteiger partial charge in [0.2, 0.25) is 0 Å². The van der Waals surface area contributed by atoms with Crippen LogP contribution in [0.4, 0.5) is 0 Å². The van der Waals surface area contributed by atoms with E-state index in [1.54, 1.807) is 48.5 Å². The maximum absolute atomic E-state index is 11.2. The van der Waals surface area contributed by atoms with Crippen LogP contribution in [0.15, 0.2) is 72.8 Å². The molecule has 0 aliphatic heterocycles. The number of carbonyl (C=O) groups is 2. The molecule has 0 radical (unpaired) electrons. The van der Waals surface area contributed by atoms with Gasteiger partial charge in [-0.1, -0.05) is 72.2 Å². The Labute approximate surface area is 172 Å². The Hall–Kier alpha value is -2.49. The standard InChI is InChI=1S/2C10H10O2.2O.U/c2*1-8(11)7-10(12)9-5-3-2-4-6-9;;;/h2*2-7,12H,1H3;;;/q;;;;+2/p-2/b2*10-7-;;;. The molecule has 0 aliphatic rings. The summed E-state index contributed by atoms with van der Waals surface area (Å²) >= 11 is -2.51. The van der Waals surface area contributed by atoms with Gasteiger partial charge < -0.3 is 10.2 Å². The number of rotatable bonds is 4. The summed E-state index contributed by atoms with van der Waals surface area (Å²) in [6.07, 6.45) is 2.19. The quantitative estimate of drug-likeness (QED) is 0.395. The average molecular weight is 592 g/mol. The summed E-state index contributed by atoms with van der Waals surface area (Å²) in [4.78, 5) is 21.1. The zero-order valence-corrected chi connectivity index (χ0v) is 19.0. The molecule has 2 aromatic carbocycles. The first-order valence-corrected chi connectivity index (χ1v) is 11.1. The van der Waals surface area contributed by atoms with Crippen molar-refractivity contribution in [2.45, 2.75) is 13.8 Å². The fourth-order valence-electron chi connectivity index (χ4n) is 1.74. The summed E-state index contributed by atoms with van der Waals surface area (Å²) in [5.41, 5.74) is 1.10. The molecule has 0 aliphatic carbocycles. The van der Waals surface area contributed by atoms with E-state index in [0.29, 0.717) is 11.1 Å². The van der Waals surface area contributed by atoms with E-state index >= 15 is 0 Å². The summed E-state index contributed by atoms with van der Waals surface area (Å²) in [6.45, 7) is 2.72. The minimum atomic E-state index is -2.51. The number of benzene rings is 2. The van der Waals surface area contributed by atoms with Crippen LogP contribution in [-0.2, 0) is 14.1 Å². The minimum absolute atomic E-state index is 0.219. The van der Waals surface area contributed by atoms with Gasteiger partial charge in [0.1, 0.15) is 0 Å². The molecule has 7 heteroatoms. The van der Waals surface area contributed by atoms with Crippen LogP contribution in [0, 0.1) is 27.8 Å². The Bertz CT molecular complexity index is 755. The normalized spacial score (nSPS) is 10.3. The first kappa shape index (κ1) is 24.5. The van der Waals surface area contributed by atoms with Crippen LogP contribution in [0.25, 0.3) is 11.5 Å². The topological polar surface area (TPSA) is 114 Å². The first-order valence-electron chi connectivity index (χ1n) is 7.70. The van der Waals surface area contributed by atoms with E-state index in [9.17, 15) is 19.8 Å². The Morgan fingerprint density at radius 3 is 1.19 bits per heavy atom. The van der Waals surface area contributed by atoms with Crippen molar-refractivity contribution in [3.63, 3.8) is 0 Å². The molecular weight excluding hydrogens is 574 g/mol. The molecule has 0 N–H and O–H groups in total. The zero-order chi connectivity index (χ0) is 20.7. The van der Waals surface area contributed by atoms with Crippen LogP contribution >= 0.6 is 0 Å². The van der Waals surface area contributed by atoms with Crippen molar-refractivity contribution < 1.29 is 52.1 Å². The predicted molar refractivity (Wildman–Crippen MR) is 91.6 cm³/mol. The van der Waals surface area contributed by atoms with Gasteiger partial charge in [-0.15, -0.1) is 0 Å². The monoisotopic (exact) mass is 592 g/mol. The van der Waals surface area contributed by atoms with Crippen molar-refractivity contribution in [3.8, 4) is 0 Å². The van der Waals surface area contributed by atoms with Gasteiger partial charge in [0.15, 0.2) is 11.6 Å². The molecule has 0 spiro atoms. The molecule has 2 rings (SSSR count). The first-order chi connectivity index (χ1) is 12.8. The second kappa shape index (κ2) is 14.7. The van der Waals surface area contributed by atoms with Gasteiger partial charge >= 0.3 is 32.3 Å². The van der Waals surface area contributed by atoms with Crippen molar-refractivity contribution in [2.75, 3.05) is 0 Å². The van der Waals surface area contributed by atoms with Gasteiger partial charge in [-0.2, -0.15) is 0 Å². The van der Waals surface area contributed by atoms with E-state index in [1.807, 2.05) is 12.1 Å². The molecule has 0 amide bonds. The molecule has 0 heterocycles. The summed E-state index contributed by atoms with van der Waals surface area (Å²) in [6, 6.07) is 17.4. The van der Waals surface area contributed by atoms with Crippen LogP contribution in [0.1, 0.15) is 25.0 Å². The zero-order valence-electron chi connectivity index (χ0n) is 14.9. The molecule has 0 saturated heterocycles. The van der Waals surface area contributed by atoms with E-state index in [2.05, 4.69) is 0 Å². The van der Waals surface area contributed by atoms with E-state index in [0.717, 1.165) is 12.2 Å². The van der Waals surface area contributed by atoms with Gasteiger partial charge in [-0.25, -0.2) is 0 Å². The summed E-state index contributed by atoms with van der Waals surface area (Å²) in [5.74, 6) is -0.904. The average Bonchev–Trinajstić information content (AvgIpc) is 2.63. The molecule has 27 heavy (non-hydrogen) atoms. The molecule has 0 bridgehead atoms. The third kappa shape index (κ3) is 12.5. The van der Waals surface area contributed by atoms with E-state index < -0.39 is 27.8 Å². The van der Waals surface area contributed by atoms with Gasteiger partial charge in [0.05, 0.1) is 0 Å². The summed E-state index contributed by atoms with van der Waals surface area (Å²) < 4.78 is 17.2. The van der Waals surface area contributed by atoms with Gasteiger partial charge in [0, 0.05) is 0 Å². The number of carbonyl (C=O) groups excluding carboxylic acids is 2. The van der Waals surface area contributed by atoms with Gasteiger partial charge in [0.25, 0.3) is 0 Å². The third-order valence-electron chi connectivity index (χ3n) is 2.79. The van der Waals surface area contributed by atoms with Crippen molar-refractivity contribution in [1.29, 1.82) is 0 Å². The fourth-order valence-corrected chi connectivity index (χ4v) is 1.74. The molecule has 6 nitrogen and oxygen atoms in total. The predicted octanol–water partition coefficient (Wildman–Crippen LogP) is 1.72. The van der Waals surface area contributed by atoms with Gasteiger partial charge in [-0.05, 0) is 37.1 Å². The molecule has 0 fully saturated rings. The van der Waals surface area contributed by atoms with E-state index in [-0.39, 0.29) is 23.1 Å². The number of ketones is 2. The summed E-state index contributed by atoms with van der Waals surface area (Å²) in [5, 5.41) is 22.4. The van der Waals surface area contributed by atoms with Crippen LogP contribution < -0.4 is 10.2 Å². The Kier molecular flexibility index (Phi) is 13.3. The van der Waals surface area contributed by atoms with Crippen LogP contribution in [-0.4, -0.2) is 11.6 Å². The summed E-state index contributed by atoms with van der Waals surface area (Å²) in [7, 11) is 0. The third-order valence-corrected chi connectivity index (χ3v) is 2.79. The molecule has 0 atom stereocenters. The molecule has 0 aromatic heterocycles. The van der Waals surface area contributed by atoms with E-state index in [4.69, 9.17) is 4.47 Å². The van der Waals surface area contributed by atoms with Crippen LogP contribution in [0.2, 0.25) is 0 Å². The van der Waals surface area contributed by atoms with Gasteiger partial charge in [-0.3, -0.25) is 9.59 Å². The van der Waals surface area contributed by atoms with E-state index in [1.165, 1.54) is 13.8 Å². The molecule has 0 unspecified atom stereocenters. The van der Waals surface area contributed by atoms with Crippen molar-refractivity contribution in [1.82, 2.24) is 0 Å². The molecule has 0 saturated carbocycles. The Morgan fingerprint density at radius 2 is 0.963 bits per heavy atom. The molecule has 2 aromatic rings. The van der Waals surface area contributed by atoms with Crippen LogP contribution in [0.5, 0.6) is 0 Å². The second-order valence-corrected chi connectivity index (χ2v) is 5.75. The molecule has 138 valence electrons. The number of allylic oxidation sites excluding steroid dienone is 2.